The summed E-state index contributed by atoms with van der Waals surface area (Å²) in [5.41, 5.74) is -0.375. The maximum atomic E-state index is 11.5. The average molecular weight is 247 g/mol. The van der Waals surface area contributed by atoms with E-state index in [1.54, 1.807) is 4.90 Å². The fourth-order valence-electron chi connectivity index (χ4n) is 2.26. The Bertz CT molecular complexity index is 359. The van der Waals surface area contributed by atoms with Gasteiger partial charge in [-0.3, -0.25) is 4.79 Å². The van der Waals surface area contributed by atoms with Gasteiger partial charge in [0.2, 0.25) is 16.3 Å². The second-order valence-electron chi connectivity index (χ2n) is 4.30. The van der Waals surface area contributed by atoms with Crippen molar-refractivity contribution in [3.8, 4) is 0 Å². The van der Waals surface area contributed by atoms with Gasteiger partial charge in [0, 0.05) is 25.9 Å². The molecule has 2 aliphatic heterocycles. The number of ketones is 1. The van der Waals surface area contributed by atoms with Crippen LogP contribution in [0.15, 0.2) is 10.7 Å². The van der Waals surface area contributed by atoms with E-state index >= 15 is 0 Å². The van der Waals surface area contributed by atoms with Crippen molar-refractivity contribution in [2.24, 2.45) is 0 Å². The zero-order valence-corrected chi connectivity index (χ0v) is 11.2. The van der Waals surface area contributed by atoms with Crippen molar-refractivity contribution in [2.45, 2.75) is 24.9 Å². The number of allylic oxidation sites excluding steroid dienone is 1. The number of carbonyl (C=O) groups excluding carboxylic acids is 2. The first-order valence-corrected chi connectivity index (χ1v) is 6.40. The summed E-state index contributed by atoms with van der Waals surface area (Å²) in [6.45, 7) is 1.32. The number of amides is 1. The summed E-state index contributed by atoms with van der Waals surface area (Å²) in [5.74, 6) is 0.113. The highest BCUT2D eigenvalue weighted by Crippen LogP contribution is 2.34. The van der Waals surface area contributed by atoms with Gasteiger partial charge in [-0.2, -0.15) is 0 Å². The number of likely N-dealkylation sites (tertiary alicyclic amines) is 1. The maximum absolute atomic E-state index is 11.5. The molecule has 0 aliphatic carbocycles. The largest absolute Gasteiger partial charge is 0.512 e. The van der Waals surface area contributed by atoms with E-state index in [0.717, 1.165) is 12.8 Å². The summed E-state index contributed by atoms with van der Waals surface area (Å²) in [7, 11) is 0. The highest BCUT2D eigenvalue weighted by molar-refractivity contribution is 6.56. The lowest BCUT2D eigenvalue weighted by Gasteiger charge is -2.44. The molecule has 2 aliphatic rings. The number of rotatable bonds is 0. The van der Waals surface area contributed by atoms with E-state index in [2.05, 4.69) is 32.6 Å². The molecule has 1 spiro atoms. The van der Waals surface area contributed by atoms with E-state index < -0.39 is 0 Å². The Hall–Kier alpha value is -0.255. The van der Waals surface area contributed by atoms with Crippen LogP contribution in [-0.4, -0.2) is 66.7 Å². The molecule has 16 heavy (non-hydrogen) atoms. The number of carbonyl (C=O) groups is 2. The van der Waals surface area contributed by atoms with Gasteiger partial charge in [-0.15, -0.1) is 0 Å². The van der Waals surface area contributed by atoms with Crippen molar-refractivity contribution in [3.63, 3.8) is 0 Å². The molecule has 0 N–H and O–H groups in total. The Labute approximate surface area is 111 Å². The molecule has 1 fully saturated rings. The molecular weight excluding hydrogens is 236 g/mol. The maximum Gasteiger partial charge on any atom is 0.281 e. The molecule has 2 rings (SSSR count). The van der Waals surface area contributed by atoms with E-state index in [9.17, 15) is 9.59 Å². The fourth-order valence-corrected chi connectivity index (χ4v) is 2.95. The van der Waals surface area contributed by atoms with Crippen molar-refractivity contribution in [3.05, 3.63) is 10.7 Å². The number of ether oxygens (including phenoxy) is 1. The van der Waals surface area contributed by atoms with Gasteiger partial charge in [0.15, 0.2) is 5.78 Å². The smallest absolute Gasteiger partial charge is 0.281 e. The SMILES string of the molecule is O=C1C=[C]([Al])OC2(CCN([C](=O)[Al])CC2)C1. The lowest BCUT2D eigenvalue weighted by molar-refractivity contribution is -0.125. The molecule has 0 unspecified atom stereocenters. The van der Waals surface area contributed by atoms with Crippen molar-refractivity contribution in [1.82, 2.24) is 4.90 Å². The molecule has 4 radical (unpaired) electrons. The average Bonchev–Trinajstić information content (AvgIpc) is 2.16. The lowest BCUT2D eigenvalue weighted by Crippen LogP contribution is -2.49. The molecule has 80 valence electrons. The number of hydrogen-bond donors (Lipinski definition) is 0. The highest BCUT2D eigenvalue weighted by atomic mass is 27.1. The minimum Gasteiger partial charge on any atom is -0.512 e. The van der Waals surface area contributed by atoms with Gasteiger partial charge in [0.1, 0.15) is 5.60 Å². The van der Waals surface area contributed by atoms with Gasteiger partial charge in [-0.25, -0.2) is 0 Å². The molecule has 0 aromatic rings. The van der Waals surface area contributed by atoms with E-state index in [1.807, 2.05) is 0 Å². The van der Waals surface area contributed by atoms with Gasteiger partial charge in [-0.1, -0.05) is 0 Å². The standard InChI is InChI=1S/C10H11NO3.2Al/c12-8-11-4-2-10(3-5-11)7-9(13)1-6-14-10;;/h1H,2-5,7H2;;. The second-order valence-corrected chi connectivity index (χ2v) is 5.36. The molecular formula is C10H11Al2NO3. The predicted molar refractivity (Wildman–Crippen MR) is 59.2 cm³/mol. The van der Waals surface area contributed by atoms with Crippen LogP contribution in [-0.2, 0) is 9.53 Å². The summed E-state index contributed by atoms with van der Waals surface area (Å²) < 4.78 is 6.40. The second kappa shape index (κ2) is 4.55. The lowest BCUT2D eigenvalue weighted by atomic mass is 9.85. The Kier molecular flexibility index (Phi) is 3.47. The Morgan fingerprint density at radius 1 is 1.44 bits per heavy atom. The zero-order valence-electron chi connectivity index (χ0n) is 8.94. The number of hydrogen-bond acceptors (Lipinski definition) is 3. The predicted octanol–water partition coefficient (Wildman–Crippen LogP) is 0.109. The van der Waals surface area contributed by atoms with Crippen LogP contribution in [0.25, 0.3) is 0 Å². The van der Waals surface area contributed by atoms with Crippen molar-refractivity contribution in [1.29, 1.82) is 0 Å². The van der Waals surface area contributed by atoms with E-state index in [1.165, 1.54) is 6.08 Å². The van der Waals surface area contributed by atoms with Gasteiger partial charge in [-0.05, 0) is 10.7 Å². The van der Waals surface area contributed by atoms with Gasteiger partial charge in [0.05, 0.1) is 11.2 Å². The van der Waals surface area contributed by atoms with E-state index in [0.29, 0.717) is 24.1 Å². The molecule has 0 aromatic heterocycles. The summed E-state index contributed by atoms with van der Waals surface area (Å²) in [6, 6.07) is 0. The van der Waals surface area contributed by atoms with Crippen LogP contribution in [0.5, 0.6) is 0 Å². The Balaban J connectivity index is 2.05. The van der Waals surface area contributed by atoms with Crippen LogP contribution in [0.2, 0.25) is 0 Å². The molecule has 4 nitrogen and oxygen atoms in total. The van der Waals surface area contributed by atoms with Crippen molar-refractivity contribution < 1.29 is 14.3 Å². The quantitative estimate of drug-likeness (QED) is 0.571. The Morgan fingerprint density at radius 3 is 2.56 bits per heavy atom. The first-order valence-electron chi connectivity index (χ1n) is 5.24. The van der Waals surface area contributed by atoms with Crippen molar-refractivity contribution >= 4 is 43.1 Å². The number of nitrogens with zero attached hydrogens (tertiary/aromatic N) is 1. The topological polar surface area (TPSA) is 46.6 Å². The highest BCUT2D eigenvalue weighted by Gasteiger charge is 2.40. The first-order chi connectivity index (χ1) is 7.51. The van der Waals surface area contributed by atoms with Gasteiger partial charge < -0.3 is 14.4 Å². The first kappa shape index (κ1) is 12.2. The molecule has 1 amide bonds. The zero-order chi connectivity index (χ0) is 11.8. The summed E-state index contributed by atoms with van der Waals surface area (Å²) >= 11 is 4.62. The van der Waals surface area contributed by atoms with Crippen LogP contribution >= 0.6 is 0 Å². The minimum atomic E-state index is -0.375. The van der Waals surface area contributed by atoms with Crippen LogP contribution in [0.4, 0.5) is 4.79 Å². The normalized spacial score (nSPS) is 23.9. The summed E-state index contributed by atoms with van der Waals surface area (Å²) in [6.07, 6.45) is 3.40. The van der Waals surface area contributed by atoms with Gasteiger partial charge >= 0.3 is 0 Å². The van der Waals surface area contributed by atoms with E-state index in [4.69, 9.17) is 4.74 Å². The molecule has 0 aromatic carbocycles. The van der Waals surface area contributed by atoms with Crippen LogP contribution in [0, 0.1) is 0 Å². The fraction of sp³-hybridized carbons (Fsp3) is 0.600. The van der Waals surface area contributed by atoms with Gasteiger partial charge in [0.25, 0.3) is 16.3 Å². The molecule has 0 atom stereocenters. The molecule has 1 saturated heterocycles. The van der Waals surface area contributed by atoms with Crippen LogP contribution < -0.4 is 0 Å². The third kappa shape index (κ3) is 2.52. The monoisotopic (exact) mass is 247 g/mol. The molecule has 0 saturated carbocycles. The number of piperidine rings is 1. The molecule has 2 heterocycles. The third-order valence-electron chi connectivity index (χ3n) is 3.12. The van der Waals surface area contributed by atoms with Crippen LogP contribution in [0.1, 0.15) is 19.3 Å². The summed E-state index contributed by atoms with van der Waals surface area (Å²) in [4.78, 5) is 24.4. The van der Waals surface area contributed by atoms with Crippen LogP contribution in [0.3, 0.4) is 0 Å². The van der Waals surface area contributed by atoms with Crippen molar-refractivity contribution in [2.75, 3.05) is 13.1 Å². The Morgan fingerprint density at radius 2 is 2.06 bits per heavy atom. The summed E-state index contributed by atoms with van der Waals surface area (Å²) in [5, 5.41) is 0. The van der Waals surface area contributed by atoms with E-state index in [-0.39, 0.29) is 16.2 Å². The third-order valence-corrected chi connectivity index (χ3v) is 3.77. The molecule has 6 heteroatoms. The molecule has 0 bridgehead atoms. The minimum absolute atomic E-state index is 0.0126.